The number of aromatic nitrogens is 3. The van der Waals surface area contributed by atoms with Crippen LogP contribution < -0.4 is 11.3 Å². The van der Waals surface area contributed by atoms with Crippen LogP contribution in [0.15, 0.2) is 18.3 Å². The van der Waals surface area contributed by atoms with E-state index < -0.39 is 23.5 Å². The Morgan fingerprint density at radius 3 is 2.33 bits per heavy atom. The zero-order chi connectivity index (χ0) is 13.3. The third kappa shape index (κ3) is 2.07. The van der Waals surface area contributed by atoms with Gasteiger partial charge in [-0.1, -0.05) is 5.21 Å². The second kappa shape index (κ2) is 4.75. The van der Waals surface area contributed by atoms with Gasteiger partial charge < -0.3 is 0 Å². The van der Waals surface area contributed by atoms with Crippen LogP contribution in [0.5, 0.6) is 0 Å². The minimum atomic E-state index is -1.52. The molecule has 1 atom stereocenters. The highest BCUT2D eigenvalue weighted by atomic mass is 19.2. The molecule has 1 heterocycles. The summed E-state index contributed by atoms with van der Waals surface area (Å²) in [5.41, 5.74) is 3.01. The van der Waals surface area contributed by atoms with Gasteiger partial charge in [-0.25, -0.2) is 18.6 Å². The zero-order valence-corrected chi connectivity index (χ0v) is 9.36. The molecule has 96 valence electrons. The molecular formula is C10H10F3N5. The molecular weight excluding hydrogens is 247 g/mol. The number of nitrogens with two attached hydrogens (primary N) is 1. The number of hydrogen-bond donors (Lipinski definition) is 2. The van der Waals surface area contributed by atoms with Gasteiger partial charge in [0, 0.05) is 7.05 Å². The van der Waals surface area contributed by atoms with Crippen molar-refractivity contribution >= 4 is 0 Å². The third-order valence-corrected chi connectivity index (χ3v) is 2.55. The molecule has 0 saturated heterocycles. The average Bonchev–Trinajstić information content (AvgIpc) is 2.74. The predicted molar refractivity (Wildman–Crippen MR) is 56.5 cm³/mol. The fraction of sp³-hybridized carbons (Fsp3) is 0.200. The van der Waals surface area contributed by atoms with Crippen molar-refractivity contribution in [1.29, 1.82) is 0 Å². The molecule has 5 nitrogen and oxygen atoms in total. The smallest absolute Gasteiger partial charge is 0.194 e. The van der Waals surface area contributed by atoms with Gasteiger partial charge in [-0.2, -0.15) is 0 Å². The second-order valence-electron chi connectivity index (χ2n) is 3.68. The van der Waals surface area contributed by atoms with Gasteiger partial charge in [0.15, 0.2) is 17.5 Å². The fourth-order valence-electron chi connectivity index (χ4n) is 1.65. The van der Waals surface area contributed by atoms with Crippen molar-refractivity contribution in [2.75, 3.05) is 0 Å². The number of benzene rings is 1. The maximum atomic E-state index is 13.2. The summed E-state index contributed by atoms with van der Waals surface area (Å²) in [5, 5.41) is 7.32. The predicted octanol–water partition coefficient (Wildman–Crippen LogP) is 0.785. The average molecular weight is 257 g/mol. The number of halogens is 3. The van der Waals surface area contributed by atoms with Gasteiger partial charge in [0.1, 0.15) is 0 Å². The van der Waals surface area contributed by atoms with E-state index in [0.29, 0.717) is 5.69 Å². The summed E-state index contributed by atoms with van der Waals surface area (Å²) in [5.74, 6) is 1.27. The van der Waals surface area contributed by atoms with Gasteiger partial charge in [0.05, 0.1) is 17.9 Å². The lowest BCUT2D eigenvalue weighted by molar-refractivity contribution is 0.441. The van der Waals surface area contributed by atoms with Crippen molar-refractivity contribution in [2.24, 2.45) is 12.9 Å². The van der Waals surface area contributed by atoms with Gasteiger partial charge in [-0.3, -0.25) is 10.5 Å². The van der Waals surface area contributed by atoms with Crippen LogP contribution in [-0.4, -0.2) is 15.0 Å². The lowest BCUT2D eigenvalue weighted by Crippen LogP contribution is -2.30. The molecule has 0 amide bonds. The van der Waals surface area contributed by atoms with Gasteiger partial charge in [0.25, 0.3) is 0 Å². The lowest BCUT2D eigenvalue weighted by Gasteiger charge is -2.16. The largest absolute Gasteiger partial charge is 0.271 e. The molecule has 1 aromatic heterocycles. The van der Waals surface area contributed by atoms with Gasteiger partial charge in [-0.15, -0.1) is 5.10 Å². The molecule has 2 aromatic rings. The highest BCUT2D eigenvalue weighted by molar-refractivity contribution is 5.28. The van der Waals surface area contributed by atoms with Crippen LogP contribution in [0.3, 0.4) is 0 Å². The summed E-state index contributed by atoms with van der Waals surface area (Å²) < 4.78 is 40.6. The van der Waals surface area contributed by atoms with E-state index in [1.165, 1.54) is 10.9 Å². The summed E-state index contributed by atoms with van der Waals surface area (Å²) in [6, 6.07) is 1.00. The maximum absolute atomic E-state index is 13.2. The minimum Gasteiger partial charge on any atom is -0.271 e. The summed E-state index contributed by atoms with van der Waals surface area (Å²) >= 11 is 0. The molecule has 3 N–H and O–H groups in total. The Balaban J connectivity index is 2.49. The molecule has 18 heavy (non-hydrogen) atoms. The summed E-state index contributed by atoms with van der Waals surface area (Å²) in [4.78, 5) is 0. The molecule has 0 aliphatic heterocycles. The topological polar surface area (TPSA) is 68.8 Å². The Kier molecular flexibility index (Phi) is 3.30. The van der Waals surface area contributed by atoms with Crippen molar-refractivity contribution in [1.82, 2.24) is 20.4 Å². The molecule has 0 spiro atoms. The van der Waals surface area contributed by atoms with Crippen molar-refractivity contribution in [2.45, 2.75) is 6.04 Å². The molecule has 2 rings (SSSR count). The van der Waals surface area contributed by atoms with E-state index in [0.717, 1.165) is 12.1 Å². The Labute approximate surface area is 100 Å². The summed E-state index contributed by atoms with van der Waals surface area (Å²) in [7, 11) is 1.60. The number of aryl methyl sites for hydroxylation is 1. The van der Waals surface area contributed by atoms with Crippen LogP contribution in [0.25, 0.3) is 0 Å². The highest BCUT2D eigenvalue weighted by Gasteiger charge is 2.20. The molecule has 0 aliphatic rings. The monoisotopic (exact) mass is 257 g/mol. The van der Waals surface area contributed by atoms with Gasteiger partial charge in [0.2, 0.25) is 0 Å². The molecule has 0 radical (unpaired) electrons. The number of hydrogen-bond acceptors (Lipinski definition) is 4. The normalized spacial score (nSPS) is 12.7. The van der Waals surface area contributed by atoms with Crippen LogP contribution in [0.2, 0.25) is 0 Å². The third-order valence-electron chi connectivity index (χ3n) is 2.55. The van der Waals surface area contributed by atoms with Crippen LogP contribution >= 0.6 is 0 Å². The van der Waals surface area contributed by atoms with E-state index in [1.807, 2.05) is 0 Å². The molecule has 8 heteroatoms. The van der Waals surface area contributed by atoms with Crippen molar-refractivity contribution in [3.05, 3.63) is 47.0 Å². The molecule has 1 aromatic carbocycles. The van der Waals surface area contributed by atoms with E-state index in [9.17, 15) is 13.2 Å². The first-order valence-electron chi connectivity index (χ1n) is 4.99. The number of nitrogens with one attached hydrogen (secondary N) is 1. The Morgan fingerprint density at radius 1 is 1.28 bits per heavy atom. The highest BCUT2D eigenvalue weighted by Crippen LogP contribution is 2.23. The molecule has 0 saturated carbocycles. The first kappa shape index (κ1) is 12.5. The van der Waals surface area contributed by atoms with Crippen LogP contribution in [0.1, 0.15) is 17.3 Å². The summed E-state index contributed by atoms with van der Waals surface area (Å²) in [6.07, 6.45) is 1.39. The SMILES string of the molecule is Cn1nncc1C(NN)c1cc(F)c(F)c(F)c1. The van der Waals surface area contributed by atoms with E-state index in [-0.39, 0.29) is 5.56 Å². The quantitative estimate of drug-likeness (QED) is 0.484. The van der Waals surface area contributed by atoms with Crippen LogP contribution in [0, 0.1) is 17.5 Å². The Hall–Kier alpha value is -1.93. The van der Waals surface area contributed by atoms with E-state index in [4.69, 9.17) is 5.84 Å². The van der Waals surface area contributed by atoms with Gasteiger partial charge in [-0.05, 0) is 17.7 Å². The summed E-state index contributed by atoms with van der Waals surface area (Å²) in [6.45, 7) is 0. The van der Waals surface area contributed by atoms with Crippen molar-refractivity contribution < 1.29 is 13.2 Å². The number of rotatable bonds is 3. The van der Waals surface area contributed by atoms with Crippen LogP contribution in [0.4, 0.5) is 13.2 Å². The van der Waals surface area contributed by atoms with Gasteiger partial charge >= 0.3 is 0 Å². The van der Waals surface area contributed by atoms with E-state index in [2.05, 4.69) is 15.7 Å². The Bertz CT molecular complexity index is 545. The van der Waals surface area contributed by atoms with Crippen molar-refractivity contribution in [3.8, 4) is 0 Å². The molecule has 0 bridgehead atoms. The second-order valence-corrected chi connectivity index (χ2v) is 3.68. The maximum Gasteiger partial charge on any atom is 0.194 e. The fourth-order valence-corrected chi connectivity index (χ4v) is 1.65. The Morgan fingerprint density at radius 2 is 1.89 bits per heavy atom. The first-order chi connectivity index (χ1) is 8.54. The molecule has 1 unspecified atom stereocenters. The first-order valence-corrected chi connectivity index (χ1v) is 4.99. The van der Waals surface area contributed by atoms with E-state index in [1.54, 1.807) is 7.05 Å². The van der Waals surface area contributed by atoms with E-state index >= 15 is 0 Å². The zero-order valence-electron chi connectivity index (χ0n) is 9.36. The lowest BCUT2D eigenvalue weighted by atomic mass is 10.0. The standard InChI is InChI=1S/C10H10F3N5/c1-18-8(4-15-17-18)10(16-14)5-2-6(11)9(13)7(12)3-5/h2-4,10,16H,14H2,1H3. The number of hydrazine groups is 1. The van der Waals surface area contributed by atoms with Crippen LogP contribution in [-0.2, 0) is 7.05 Å². The molecule has 0 fully saturated rings. The number of nitrogens with zero attached hydrogens (tertiary/aromatic N) is 3. The molecule has 0 aliphatic carbocycles. The minimum absolute atomic E-state index is 0.138. The van der Waals surface area contributed by atoms with Crippen molar-refractivity contribution in [3.63, 3.8) is 0 Å².